The summed E-state index contributed by atoms with van der Waals surface area (Å²) < 4.78 is 0. The fraction of sp³-hybridized carbons (Fsp3) is 0.581. The molecule has 21 N–H and O–H groups in total. The molecule has 0 fully saturated rings. The van der Waals surface area contributed by atoms with Crippen molar-refractivity contribution in [1.82, 2.24) is 53.2 Å². The Morgan fingerprint density at radius 3 is 1.34 bits per heavy atom. The molecule has 0 heterocycles. The van der Waals surface area contributed by atoms with Crippen molar-refractivity contribution in [3.63, 3.8) is 0 Å². The van der Waals surface area contributed by atoms with Gasteiger partial charge in [-0.1, -0.05) is 92.5 Å². The number of nitrogens with two attached hydrogens (primary N) is 3. The molecule has 0 bridgehead atoms. The maximum atomic E-state index is 14.1. The first-order valence-electron chi connectivity index (χ1n) is 30.9. The highest BCUT2D eigenvalue weighted by atomic mass is 16.4. The normalized spacial score (nSPS) is 14.8. The Morgan fingerprint density at radius 1 is 0.468 bits per heavy atom. The van der Waals surface area contributed by atoms with Gasteiger partial charge in [-0.15, -0.1) is 0 Å². The number of rotatable bonds is 40. The summed E-state index contributed by atoms with van der Waals surface area (Å²) in [5.74, 6) is -16.0. The van der Waals surface area contributed by atoms with Crippen LogP contribution in [-0.4, -0.2) is 182 Å². The van der Waals surface area contributed by atoms with Crippen molar-refractivity contribution in [2.24, 2.45) is 40.9 Å². The number of carboxylic acids is 3. The molecule has 2 aromatic carbocycles. The standard InChI is InChI=1S/C60H93N13O17.C2H4O2/c1-10-32(7)49(59(88)67-41(23-24-46(78)79)54(83)65-34(9)51(80)71-47(30(3)4)57(86)66-40(14-12-13-25-61)55(84)73-50(60(89)90)33(8)11-2)70-45(77)29-64-53(82)42(27-36-17-21-38(75)22-18-36)69-58(87)48(31(5)6)72-56(85)43(28-44(63)76)68-52(81)39(62)26-35-15-19-37(74)20-16-35;1-2(3)4/h15-22,30-34,39-43,47-50,74-75H,10-14,23-29,61-62H2,1-9H3,(H2,63,76)(H,64,82)(H,65,83)(H,66,86)(H,67,88)(H,68,81)(H,69,87)(H,70,77)(H,71,80)(H,72,85)(H,73,84)(H,78,79)(H,89,90);1H3,(H,3,4). The van der Waals surface area contributed by atoms with Crippen LogP contribution in [0, 0.1) is 23.7 Å². The van der Waals surface area contributed by atoms with Crippen LogP contribution in [0.4, 0.5) is 0 Å². The van der Waals surface area contributed by atoms with E-state index in [1.807, 2.05) is 0 Å². The Kier molecular flexibility index (Phi) is 36.8. The topological polar surface area (TPSA) is 538 Å². The average molecular weight is 1330 g/mol. The van der Waals surface area contributed by atoms with E-state index in [4.69, 9.17) is 27.1 Å². The minimum absolute atomic E-state index is 0.0194. The predicted molar refractivity (Wildman–Crippen MR) is 341 cm³/mol. The third kappa shape index (κ3) is 30.8. The average Bonchev–Trinajstić information content (AvgIpc) is 0.920. The monoisotopic (exact) mass is 1330 g/mol. The van der Waals surface area contributed by atoms with Crippen LogP contribution >= 0.6 is 0 Å². The number of primary amides is 1. The number of unbranched alkanes of at least 4 members (excludes halogenated alkanes) is 1. The molecule has 0 radical (unpaired) electrons. The number of carbonyl (C=O) groups is 14. The number of nitrogens with one attached hydrogen (secondary N) is 10. The highest BCUT2D eigenvalue weighted by Gasteiger charge is 2.37. The van der Waals surface area contributed by atoms with E-state index < -0.39 is 193 Å². The zero-order valence-electron chi connectivity index (χ0n) is 54.9. The zero-order valence-corrected chi connectivity index (χ0v) is 54.9. The summed E-state index contributed by atoms with van der Waals surface area (Å²) in [6.45, 7) is 14.8. The van der Waals surface area contributed by atoms with Gasteiger partial charge in [0, 0.05) is 19.8 Å². The van der Waals surface area contributed by atoms with Gasteiger partial charge in [-0.2, -0.15) is 0 Å². The van der Waals surface area contributed by atoms with Crippen molar-refractivity contribution in [1.29, 1.82) is 0 Å². The van der Waals surface area contributed by atoms with Gasteiger partial charge in [0.2, 0.25) is 65.0 Å². The van der Waals surface area contributed by atoms with Crippen molar-refractivity contribution in [2.75, 3.05) is 13.1 Å². The number of phenolic OH excluding ortho intramolecular Hbond substituents is 2. The van der Waals surface area contributed by atoms with Crippen molar-refractivity contribution < 1.29 is 92.7 Å². The van der Waals surface area contributed by atoms with Crippen LogP contribution in [0.2, 0.25) is 0 Å². The Balaban J connectivity index is 0.0000107. The molecule has 32 nitrogen and oxygen atoms in total. The SMILES string of the molecule is CC(=O)O.CCC(C)C(NC(=O)C(CCCCN)NC(=O)C(NC(=O)C(C)NC(=O)C(CCC(=O)O)NC(=O)C(NC(=O)CNC(=O)C(Cc1ccc(O)cc1)NC(=O)C(NC(=O)C(CC(N)=O)NC(=O)C(N)Cc1ccc(O)cc1)C(C)C)C(C)CC)C(C)C)C(=O)O. The van der Waals surface area contributed by atoms with E-state index in [1.54, 1.807) is 55.4 Å². The van der Waals surface area contributed by atoms with E-state index in [-0.39, 0.29) is 43.7 Å². The second kappa shape index (κ2) is 41.9. The van der Waals surface area contributed by atoms with Gasteiger partial charge in [-0.05, 0) is 105 Å². The highest BCUT2D eigenvalue weighted by molar-refractivity contribution is 5.99. The molecular formula is C62H97N13O19. The molecular weight excluding hydrogens is 1230 g/mol. The summed E-state index contributed by atoms with van der Waals surface area (Å²) in [6, 6.07) is -2.54. The smallest absolute Gasteiger partial charge is 0.326 e. The molecule has 12 unspecified atom stereocenters. The maximum Gasteiger partial charge on any atom is 0.326 e. The van der Waals surface area contributed by atoms with Crippen molar-refractivity contribution in [3.8, 4) is 11.5 Å². The first kappa shape index (κ1) is 82.6. The second-order valence-corrected chi connectivity index (χ2v) is 23.5. The molecule has 2 rings (SSSR count). The Morgan fingerprint density at radius 2 is 0.883 bits per heavy atom. The summed E-state index contributed by atoms with van der Waals surface area (Å²) in [4.78, 5) is 182. The molecule has 0 aliphatic rings. The van der Waals surface area contributed by atoms with Gasteiger partial charge in [0.15, 0.2) is 0 Å². The number of amides is 11. The van der Waals surface area contributed by atoms with E-state index in [0.717, 1.165) is 6.92 Å². The van der Waals surface area contributed by atoms with E-state index in [1.165, 1.54) is 55.5 Å². The number of phenols is 2. The van der Waals surface area contributed by atoms with Crippen LogP contribution in [0.5, 0.6) is 11.5 Å². The summed E-state index contributed by atoms with van der Waals surface area (Å²) in [7, 11) is 0. The largest absolute Gasteiger partial charge is 0.508 e. The lowest BCUT2D eigenvalue weighted by molar-refractivity contribution is -0.144. The lowest BCUT2D eigenvalue weighted by atomic mass is 9.97. The van der Waals surface area contributed by atoms with Crippen LogP contribution < -0.4 is 70.4 Å². The van der Waals surface area contributed by atoms with Crippen LogP contribution in [0.15, 0.2) is 48.5 Å². The molecule has 12 atom stereocenters. The van der Waals surface area contributed by atoms with Gasteiger partial charge < -0.3 is 95.9 Å². The van der Waals surface area contributed by atoms with E-state index in [9.17, 15) is 82.8 Å². The molecule has 0 aliphatic heterocycles. The maximum absolute atomic E-state index is 14.1. The second-order valence-electron chi connectivity index (χ2n) is 23.5. The molecule has 11 amide bonds. The Hall–Kier alpha value is -9.46. The minimum atomic E-state index is -1.62. The molecule has 0 saturated carbocycles. The minimum Gasteiger partial charge on any atom is -0.508 e. The van der Waals surface area contributed by atoms with E-state index in [0.29, 0.717) is 30.4 Å². The molecule has 2 aromatic rings. The number of hydrogen-bond donors (Lipinski definition) is 18. The van der Waals surface area contributed by atoms with E-state index in [2.05, 4.69) is 53.2 Å². The first-order valence-corrected chi connectivity index (χ1v) is 30.9. The summed E-state index contributed by atoms with van der Waals surface area (Å²) in [5.41, 5.74) is 18.2. The van der Waals surface area contributed by atoms with Crippen molar-refractivity contribution in [3.05, 3.63) is 59.7 Å². The van der Waals surface area contributed by atoms with Crippen LogP contribution in [0.1, 0.15) is 132 Å². The molecule has 0 aromatic heterocycles. The number of benzene rings is 2. The number of aromatic hydroxyl groups is 2. The van der Waals surface area contributed by atoms with Crippen molar-refractivity contribution >= 4 is 82.9 Å². The fourth-order valence-corrected chi connectivity index (χ4v) is 8.96. The quantitative estimate of drug-likeness (QED) is 0.0326. The molecule has 32 heteroatoms. The number of hydrogen-bond acceptors (Lipinski definition) is 18. The highest BCUT2D eigenvalue weighted by Crippen LogP contribution is 2.16. The summed E-state index contributed by atoms with van der Waals surface area (Å²) in [5, 5.41) is 71.3. The van der Waals surface area contributed by atoms with Crippen LogP contribution in [-0.2, 0) is 80.0 Å². The molecule has 0 saturated heterocycles. The number of carbonyl (C=O) groups excluding carboxylic acids is 11. The zero-order chi connectivity index (χ0) is 71.7. The van der Waals surface area contributed by atoms with Crippen LogP contribution in [0.25, 0.3) is 0 Å². The van der Waals surface area contributed by atoms with Gasteiger partial charge in [0.05, 0.1) is 19.0 Å². The molecule has 0 spiro atoms. The number of aliphatic carboxylic acids is 3. The summed E-state index contributed by atoms with van der Waals surface area (Å²) in [6.07, 6.45) is -0.455. The van der Waals surface area contributed by atoms with Gasteiger partial charge in [0.1, 0.15) is 65.9 Å². The lowest BCUT2D eigenvalue weighted by Gasteiger charge is -2.29. The van der Waals surface area contributed by atoms with Gasteiger partial charge in [-0.3, -0.25) is 62.3 Å². The predicted octanol–water partition coefficient (Wildman–Crippen LogP) is -1.84. The van der Waals surface area contributed by atoms with Crippen LogP contribution in [0.3, 0.4) is 0 Å². The Labute approximate surface area is 545 Å². The molecule has 0 aliphatic carbocycles. The Bertz CT molecular complexity index is 2890. The molecule has 524 valence electrons. The van der Waals surface area contributed by atoms with Gasteiger partial charge in [-0.25, -0.2) is 4.79 Å². The van der Waals surface area contributed by atoms with E-state index >= 15 is 0 Å². The third-order valence-corrected chi connectivity index (χ3v) is 14.9. The third-order valence-electron chi connectivity index (χ3n) is 14.9. The van der Waals surface area contributed by atoms with Gasteiger partial charge in [0.25, 0.3) is 5.97 Å². The fourth-order valence-electron chi connectivity index (χ4n) is 8.96. The molecule has 94 heavy (non-hydrogen) atoms. The lowest BCUT2D eigenvalue weighted by Crippen LogP contribution is -2.61. The van der Waals surface area contributed by atoms with Crippen molar-refractivity contribution in [2.45, 2.75) is 194 Å². The summed E-state index contributed by atoms with van der Waals surface area (Å²) >= 11 is 0. The first-order chi connectivity index (χ1) is 44.0. The number of carboxylic acid groups (broad SMARTS) is 3. The van der Waals surface area contributed by atoms with Gasteiger partial charge >= 0.3 is 11.9 Å².